The van der Waals surface area contributed by atoms with Crippen LogP contribution in [0.25, 0.3) is 10.9 Å². The summed E-state index contributed by atoms with van der Waals surface area (Å²) in [7, 11) is 4.45. The van der Waals surface area contributed by atoms with Crippen molar-refractivity contribution in [3.63, 3.8) is 0 Å². The summed E-state index contributed by atoms with van der Waals surface area (Å²) in [5, 5.41) is 5.08. The van der Waals surface area contributed by atoms with Gasteiger partial charge >= 0.3 is 0 Å². The van der Waals surface area contributed by atoms with Crippen LogP contribution in [0, 0.1) is 0 Å². The van der Waals surface area contributed by atoms with Gasteiger partial charge in [-0.3, -0.25) is 0 Å². The minimum absolute atomic E-state index is 0.528. The Morgan fingerprint density at radius 1 is 1.00 bits per heavy atom. The fourth-order valence-corrected chi connectivity index (χ4v) is 4.12. The van der Waals surface area contributed by atoms with Crippen LogP contribution >= 0.6 is 0 Å². The molecule has 3 heteroatoms. The van der Waals surface area contributed by atoms with E-state index in [1.54, 1.807) is 0 Å². The molecule has 0 radical (unpaired) electrons. The van der Waals surface area contributed by atoms with E-state index in [0.717, 1.165) is 26.2 Å². The molecule has 0 bridgehead atoms. The van der Waals surface area contributed by atoms with Crippen molar-refractivity contribution in [2.24, 2.45) is 7.05 Å². The first-order valence-corrected chi connectivity index (χ1v) is 8.73. The highest BCUT2D eigenvalue weighted by Gasteiger charge is 2.28. The van der Waals surface area contributed by atoms with Crippen LogP contribution in [0.5, 0.6) is 0 Å². The molecule has 0 spiro atoms. The summed E-state index contributed by atoms with van der Waals surface area (Å²) in [5.41, 5.74) is 5.72. The third kappa shape index (κ3) is 2.74. The van der Waals surface area contributed by atoms with E-state index >= 15 is 0 Å². The Bertz CT molecular complexity index is 835. The SMILES string of the molecule is CN1Cc2c(n(C)c3ccccc23)C(CNCc2ccccc2)C1. The summed E-state index contributed by atoms with van der Waals surface area (Å²) in [4.78, 5) is 2.45. The minimum atomic E-state index is 0.528. The molecule has 3 nitrogen and oxygen atoms in total. The van der Waals surface area contributed by atoms with Crippen molar-refractivity contribution >= 4 is 10.9 Å². The van der Waals surface area contributed by atoms with Gasteiger partial charge in [0, 0.05) is 55.7 Å². The number of rotatable bonds is 4. The molecule has 0 saturated carbocycles. The molecule has 124 valence electrons. The van der Waals surface area contributed by atoms with E-state index in [-0.39, 0.29) is 0 Å². The minimum Gasteiger partial charge on any atom is -0.347 e. The van der Waals surface area contributed by atoms with Crippen LogP contribution in [0.3, 0.4) is 0 Å². The molecule has 1 N–H and O–H groups in total. The Balaban J connectivity index is 1.59. The second-order valence-corrected chi connectivity index (χ2v) is 6.95. The van der Waals surface area contributed by atoms with Gasteiger partial charge in [0.2, 0.25) is 0 Å². The van der Waals surface area contributed by atoms with Gasteiger partial charge in [-0.15, -0.1) is 0 Å². The zero-order valence-electron chi connectivity index (χ0n) is 14.5. The standard InChI is InChI=1S/C21H25N3/c1-23-14-17(13-22-12-16-8-4-3-5-9-16)21-19(15-23)18-10-6-7-11-20(18)24(21)2/h3-11,17,22H,12-15H2,1-2H3. The molecule has 2 aromatic carbocycles. The Hall–Kier alpha value is -2.10. The van der Waals surface area contributed by atoms with Crippen LogP contribution < -0.4 is 5.32 Å². The van der Waals surface area contributed by atoms with Crippen LogP contribution in [0.1, 0.15) is 22.7 Å². The van der Waals surface area contributed by atoms with E-state index in [0.29, 0.717) is 5.92 Å². The third-order valence-corrected chi connectivity index (χ3v) is 5.17. The normalized spacial score (nSPS) is 18.0. The molecule has 1 aliphatic rings. The third-order valence-electron chi connectivity index (χ3n) is 5.17. The van der Waals surface area contributed by atoms with Crippen molar-refractivity contribution in [3.05, 3.63) is 71.4 Å². The molecule has 24 heavy (non-hydrogen) atoms. The molecular weight excluding hydrogens is 294 g/mol. The number of fused-ring (bicyclic) bond motifs is 3. The van der Waals surface area contributed by atoms with Gasteiger partial charge in [-0.1, -0.05) is 48.5 Å². The van der Waals surface area contributed by atoms with Crippen LogP contribution in [0.2, 0.25) is 0 Å². The number of likely N-dealkylation sites (N-methyl/N-ethyl adjacent to an activating group) is 1. The monoisotopic (exact) mass is 319 g/mol. The lowest BCUT2D eigenvalue weighted by molar-refractivity contribution is 0.272. The predicted octanol–water partition coefficient (Wildman–Crippen LogP) is 3.50. The zero-order valence-corrected chi connectivity index (χ0v) is 14.5. The Kier molecular flexibility index (Phi) is 4.13. The van der Waals surface area contributed by atoms with Crippen LogP contribution in [0.4, 0.5) is 0 Å². The lowest BCUT2D eigenvalue weighted by atomic mass is 9.95. The van der Waals surface area contributed by atoms with Gasteiger partial charge < -0.3 is 14.8 Å². The van der Waals surface area contributed by atoms with E-state index in [2.05, 4.69) is 83.5 Å². The van der Waals surface area contributed by atoms with E-state index < -0.39 is 0 Å². The smallest absolute Gasteiger partial charge is 0.0483 e. The summed E-state index contributed by atoms with van der Waals surface area (Å²) in [6.07, 6.45) is 0. The molecule has 1 aliphatic heterocycles. The second kappa shape index (κ2) is 6.42. The molecule has 1 unspecified atom stereocenters. The molecule has 0 aliphatic carbocycles. The van der Waals surface area contributed by atoms with E-state index in [1.807, 2.05) is 0 Å². The van der Waals surface area contributed by atoms with Crippen molar-refractivity contribution in [3.8, 4) is 0 Å². The largest absolute Gasteiger partial charge is 0.347 e. The molecular formula is C21H25N3. The molecule has 0 saturated heterocycles. The van der Waals surface area contributed by atoms with Gasteiger partial charge in [-0.2, -0.15) is 0 Å². The maximum atomic E-state index is 3.66. The molecule has 3 aromatic rings. The first-order chi connectivity index (χ1) is 11.7. The van der Waals surface area contributed by atoms with Gasteiger partial charge in [-0.05, 0) is 24.2 Å². The van der Waals surface area contributed by atoms with E-state index in [9.17, 15) is 0 Å². The summed E-state index contributed by atoms with van der Waals surface area (Å²) in [6.45, 7) is 4.10. The molecule has 0 amide bonds. The fourth-order valence-electron chi connectivity index (χ4n) is 4.12. The highest BCUT2D eigenvalue weighted by molar-refractivity contribution is 5.86. The molecule has 0 fully saturated rings. The Morgan fingerprint density at radius 3 is 2.58 bits per heavy atom. The van der Waals surface area contributed by atoms with Crippen molar-refractivity contribution in [2.45, 2.75) is 19.0 Å². The van der Waals surface area contributed by atoms with Gasteiger partial charge in [0.05, 0.1) is 0 Å². The van der Waals surface area contributed by atoms with Crippen molar-refractivity contribution in [1.82, 2.24) is 14.8 Å². The number of nitrogens with zero attached hydrogens (tertiary/aromatic N) is 2. The second-order valence-electron chi connectivity index (χ2n) is 6.95. The van der Waals surface area contributed by atoms with Gasteiger partial charge in [0.25, 0.3) is 0 Å². The lowest BCUT2D eigenvalue weighted by Crippen LogP contribution is -2.36. The fraction of sp³-hybridized carbons (Fsp3) is 0.333. The summed E-state index contributed by atoms with van der Waals surface area (Å²) in [5.74, 6) is 0.528. The van der Waals surface area contributed by atoms with Crippen LogP contribution in [-0.2, 0) is 20.1 Å². The zero-order chi connectivity index (χ0) is 16.5. The highest BCUT2D eigenvalue weighted by Crippen LogP contribution is 2.35. The number of benzene rings is 2. The molecule has 2 heterocycles. The van der Waals surface area contributed by atoms with Crippen molar-refractivity contribution in [2.75, 3.05) is 20.1 Å². The molecule has 1 atom stereocenters. The highest BCUT2D eigenvalue weighted by atomic mass is 15.1. The number of hydrogen-bond acceptors (Lipinski definition) is 2. The van der Waals surface area contributed by atoms with Gasteiger partial charge in [0.1, 0.15) is 0 Å². The average Bonchev–Trinajstić information content (AvgIpc) is 2.89. The van der Waals surface area contributed by atoms with Crippen molar-refractivity contribution in [1.29, 1.82) is 0 Å². The quantitative estimate of drug-likeness (QED) is 0.794. The van der Waals surface area contributed by atoms with Gasteiger partial charge in [0.15, 0.2) is 0 Å². The van der Waals surface area contributed by atoms with Crippen LogP contribution in [0.15, 0.2) is 54.6 Å². The van der Waals surface area contributed by atoms with E-state index in [4.69, 9.17) is 0 Å². The Labute approximate surface area is 143 Å². The molecule has 4 rings (SSSR count). The van der Waals surface area contributed by atoms with Gasteiger partial charge in [-0.25, -0.2) is 0 Å². The average molecular weight is 319 g/mol. The number of nitrogens with one attached hydrogen (secondary N) is 1. The summed E-state index contributed by atoms with van der Waals surface area (Å²) in [6, 6.07) is 19.4. The number of aromatic nitrogens is 1. The predicted molar refractivity (Wildman–Crippen MR) is 100 cm³/mol. The first-order valence-electron chi connectivity index (χ1n) is 8.73. The maximum Gasteiger partial charge on any atom is 0.0483 e. The topological polar surface area (TPSA) is 20.2 Å². The molecule has 1 aromatic heterocycles. The summed E-state index contributed by atoms with van der Waals surface area (Å²) < 4.78 is 2.41. The maximum absolute atomic E-state index is 3.66. The number of hydrogen-bond donors (Lipinski definition) is 1. The summed E-state index contributed by atoms with van der Waals surface area (Å²) >= 11 is 0. The van der Waals surface area contributed by atoms with E-state index in [1.165, 1.54) is 27.7 Å². The number of para-hydroxylation sites is 1. The van der Waals surface area contributed by atoms with Crippen molar-refractivity contribution < 1.29 is 0 Å². The Morgan fingerprint density at radius 2 is 1.75 bits per heavy atom. The first kappa shape index (κ1) is 15.4. The lowest BCUT2D eigenvalue weighted by Gasteiger charge is -2.31. The van der Waals surface area contributed by atoms with Crippen LogP contribution in [-0.4, -0.2) is 29.6 Å². The number of aryl methyl sites for hydroxylation is 1.